The number of rotatable bonds is 5. The van der Waals surface area contributed by atoms with Gasteiger partial charge in [0.2, 0.25) is 5.82 Å². The molecular formula is C28H21Cl2F2N7O2. The minimum Gasteiger partial charge on any atom is -0.494 e. The number of benzene rings is 3. The van der Waals surface area contributed by atoms with Crippen LogP contribution in [0.15, 0.2) is 71.8 Å². The highest BCUT2D eigenvalue weighted by atomic mass is 35.5. The Balaban J connectivity index is 0.00000337. The maximum atomic E-state index is 15.2. The topological polar surface area (TPSA) is 114 Å². The molecule has 0 unspecified atom stereocenters. The van der Waals surface area contributed by atoms with Gasteiger partial charge in [-0.05, 0) is 43.3 Å². The molecule has 9 nitrogen and oxygen atoms in total. The maximum Gasteiger partial charge on any atom is 0.267 e. The number of anilines is 1. The van der Waals surface area contributed by atoms with Crippen molar-refractivity contribution in [1.82, 2.24) is 29.3 Å². The van der Waals surface area contributed by atoms with E-state index in [1.165, 1.54) is 34.8 Å². The molecule has 13 heteroatoms. The van der Waals surface area contributed by atoms with Crippen LogP contribution in [0.3, 0.4) is 0 Å². The second kappa shape index (κ2) is 10.8. The van der Waals surface area contributed by atoms with Crippen LogP contribution in [-0.4, -0.2) is 36.4 Å². The smallest absolute Gasteiger partial charge is 0.267 e. The summed E-state index contributed by atoms with van der Waals surface area (Å²) in [5, 5.41) is 5.37. The third kappa shape index (κ3) is 4.43. The van der Waals surface area contributed by atoms with E-state index in [0.717, 1.165) is 0 Å². The lowest BCUT2D eigenvalue weighted by Gasteiger charge is -2.19. The molecule has 2 N–H and O–H groups in total. The Labute approximate surface area is 242 Å². The zero-order chi connectivity index (χ0) is 28.1. The van der Waals surface area contributed by atoms with E-state index in [1.54, 1.807) is 49.4 Å². The molecule has 0 amide bonds. The van der Waals surface area contributed by atoms with Gasteiger partial charge in [0.05, 0.1) is 34.1 Å². The molecule has 208 valence electrons. The number of halogens is 4. The summed E-state index contributed by atoms with van der Waals surface area (Å²) in [6.07, 6.45) is 1.25. The van der Waals surface area contributed by atoms with Gasteiger partial charge in [-0.15, -0.1) is 12.4 Å². The summed E-state index contributed by atoms with van der Waals surface area (Å²) in [6, 6.07) is 15.9. The second-order valence-electron chi connectivity index (χ2n) is 8.95. The summed E-state index contributed by atoms with van der Waals surface area (Å²) >= 11 is 6.41. The molecule has 0 radical (unpaired) electrons. The molecule has 41 heavy (non-hydrogen) atoms. The van der Waals surface area contributed by atoms with Crippen LogP contribution in [0, 0.1) is 11.6 Å². The van der Waals surface area contributed by atoms with Gasteiger partial charge in [0.15, 0.2) is 17.2 Å². The number of nitrogens with zero attached hydrogens (tertiary/aromatic N) is 6. The average molecular weight is 596 g/mol. The van der Waals surface area contributed by atoms with Crippen LogP contribution in [-0.2, 0) is 0 Å². The van der Waals surface area contributed by atoms with E-state index >= 15 is 4.39 Å². The van der Waals surface area contributed by atoms with Gasteiger partial charge in [-0.1, -0.05) is 35.9 Å². The lowest BCUT2D eigenvalue weighted by atomic mass is 10.1. The fourth-order valence-corrected chi connectivity index (χ4v) is 5.00. The lowest BCUT2D eigenvalue weighted by molar-refractivity contribution is 0.372. The van der Waals surface area contributed by atoms with Gasteiger partial charge in [-0.3, -0.25) is 9.36 Å². The van der Waals surface area contributed by atoms with Crippen LogP contribution in [0.25, 0.3) is 38.9 Å². The Morgan fingerprint density at radius 1 is 0.976 bits per heavy atom. The van der Waals surface area contributed by atoms with Crippen LogP contribution in [0.5, 0.6) is 5.75 Å². The number of aromatic nitrogens is 6. The van der Waals surface area contributed by atoms with Crippen molar-refractivity contribution in [3.63, 3.8) is 0 Å². The Kier molecular flexibility index (Phi) is 7.33. The van der Waals surface area contributed by atoms with Crippen molar-refractivity contribution >= 4 is 51.8 Å². The van der Waals surface area contributed by atoms with Crippen molar-refractivity contribution in [2.24, 2.45) is 0 Å². The molecule has 6 aromatic rings. The Hall–Kier alpha value is -4.61. The molecule has 0 spiro atoms. The van der Waals surface area contributed by atoms with Gasteiger partial charge >= 0.3 is 0 Å². The normalized spacial score (nSPS) is 11.9. The van der Waals surface area contributed by atoms with Crippen molar-refractivity contribution in [3.05, 3.63) is 99.8 Å². The number of methoxy groups -OCH3 is 1. The average Bonchev–Trinajstić information content (AvgIpc) is 3.35. The summed E-state index contributed by atoms with van der Waals surface area (Å²) in [5.74, 6) is -2.26. The fraction of sp³-hybridized carbons (Fsp3) is 0.107. The lowest BCUT2D eigenvalue weighted by Crippen LogP contribution is -2.27. The van der Waals surface area contributed by atoms with Crippen molar-refractivity contribution in [3.8, 4) is 22.7 Å². The number of para-hydroxylation sites is 1. The van der Waals surface area contributed by atoms with Crippen LogP contribution in [0.4, 0.5) is 14.6 Å². The number of hydrogen-bond donors (Lipinski definition) is 1. The molecule has 3 heterocycles. The molecule has 0 fully saturated rings. The summed E-state index contributed by atoms with van der Waals surface area (Å²) < 4.78 is 37.7. The van der Waals surface area contributed by atoms with Gasteiger partial charge in [0.1, 0.15) is 29.7 Å². The standard InChI is InChI=1S/C28H20ClF2N7O2.ClH/c1-14(26-35-18-10-6-9-17(29)20(18)28(39)37(26)15-7-4-3-5-8-15)38-27-21(25(32)33-13-34-27)24(36-38)16-11-12-19(40-2)23(31)22(16)30;/h3-14H,1-2H3,(H2,32,33,34);1H/t14-;/m0./s1. The molecule has 0 bridgehead atoms. The van der Waals surface area contributed by atoms with E-state index in [1.807, 2.05) is 6.07 Å². The number of nitrogens with two attached hydrogens (primary N) is 1. The van der Waals surface area contributed by atoms with Crippen LogP contribution in [0.1, 0.15) is 18.8 Å². The minimum absolute atomic E-state index is 0. The molecule has 0 aliphatic carbocycles. The molecule has 0 aliphatic rings. The summed E-state index contributed by atoms with van der Waals surface area (Å²) in [5.41, 5.74) is 6.87. The van der Waals surface area contributed by atoms with Crippen molar-refractivity contribution in [2.45, 2.75) is 13.0 Å². The van der Waals surface area contributed by atoms with Crippen LogP contribution in [0.2, 0.25) is 5.02 Å². The zero-order valence-corrected chi connectivity index (χ0v) is 23.1. The first-order chi connectivity index (χ1) is 19.3. The predicted molar refractivity (Wildman–Crippen MR) is 155 cm³/mol. The monoisotopic (exact) mass is 595 g/mol. The highest BCUT2D eigenvalue weighted by Crippen LogP contribution is 2.36. The third-order valence-electron chi connectivity index (χ3n) is 6.67. The number of hydrogen-bond acceptors (Lipinski definition) is 7. The highest BCUT2D eigenvalue weighted by molar-refractivity contribution is 6.35. The molecule has 0 saturated heterocycles. The van der Waals surface area contributed by atoms with Gasteiger partial charge in [-0.25, -0.2) is 24.0 Å². The number of ether oxygens (including phenoxy) is 1. The molecule has 1 atom stereocenters. The second-order valence-corrected chi connectivity index (χ2v) is 9.36. The predicted octanol–water partition coefficient (Wildman–Crippen LogP) is 5.75. The zero-order valence-electron chi connectivity index (χ0n) is 21.5. The van der Waals surface area contributed by atoms with E-state index in [-0.39, 0.29) is 62.2 Å². The van der Waals surface area contributed by atoms with E-state index in [2.05, 4.69) is 15.1 Å². The molecule has 3 aromatic heterocycles. The molecule has 6 rings (SSSR count). The first kappa shape index (κ1) is 27.9. The van der Waals surface area contributed by atoms with E-state index in [4.69, 9.17) is 27.1 Å². The molecule has 0 aliphatic heterocycles. The van der Waals surface area contributed by atoms with E-state index < -0.39 is 17.7 Å². The first-order valence-corrected chi connectivity index (χ1v) is 12.5. The molecule has 3 aromatic carbocycles. The van der Waals surface area contributed by atoms with Crippen molar-refractivity contribution in [1.29, 1.82) is 0 Å². The Morgan fingerprint density at radius 3 is 2.46 bits per heavy atom. The molecule has 0 saturated carbocycles. The third-order valence-corrected chi connectivity index (χ3v) is 6.98. The Bertz CT molecular complexity index is 2000. The quantitative estimate of drug-likeness (QED) is 0.270. The minimum atomic E-state index is -1.17. The van der Waals surface area contributed by atoms with Crippen molar-refractivity contribution in [2.75, 3.05) is 12.8 Å². The molecular weight excluding hydrogens is 575 g/mol. The largest absolute Gasteiger partial charge is 0.494 e. The van der Waals surface area contributed by atoms with Gasteiger partial charge in [0, 0.05) is 5.56 Å². The van der Waals surface area contributed by atoms with Crippen LogP contribution < -0.4 is 16.0 Å². The Morgan fingerprint density at radius 2 is 1.73 bits per heavy atom. The van der Waals surface area contributed by atoms with Gasteiger partial charge < -0.3 is 10.5 Å². The summed E-state index contributed by atoms with van der Waals surface area (Å²) in [4.78, 5) is 27.1. The van der Waals surface area contributed by atoms with Gasteiger partial charge in [-0.2, -0.15) is 9.49 Å². The number of fused-ring (bicyclic) bond motifs is 2. The SMILES string of the molecule is COc1ccc(-c2nn([C@@H](C)c3nc4cccc(Cl)c4c(=O)n3-c3ccccc3)c3ncnc(N)c23)c(F)c1F.Cl. The summed E-state index contributed by atoms with van der Waals surface area (Å²) in [7, 11) is 1.24. The van der Waals surface area contributed by atoms with E-state index in [0.29, 0.717) is 17.0 Å². The number of nitrogen functional groups attached to an aromatic ring is 1. The van der Waals surface area contributed by atoms with E-state index in [9.17, 15) is 9.18 Å². The highest BCUT2D eigenvalue weighted by Gasteiger charge is 2.28. The fourth-order valence-electron chi connectivity index (χ4n) is 4.75. The maximum absolute atomic E-state index is 15.2. The summed E-state index contributed by atoms with van der Waals surface area (Å²) in [6.45, 7) is 1.76. The van der Waals surface area contributed by atoms with Crippen LogP contribution >= 0.6 is 24.0 Å². The van der Waals surface area contributed by atoms with Gasteiger partial charge in [0.25, 0.3) is 5.56 Å². The first-order valence-electron chi connectivity index (χ1n) is 12.1. The van der Waals surface area contributed by atoms with Crippen molar-refractivity contribution < 1.29 is 13.5 Å².